The van der Waals surface area contributed by atoms with E-state index in [2.05, 4.69) is 16.7 Å². The number of nitrogens with zero attached hydrogens (tertiary/aromatic N) is 2. The van der Waals surface area contributed by atoms with Gasteiger partial charge in [0.25, 0.3) is 5.91 Å². The summed E-state index contributed by atoms with van der Waals surface area (Å²) in [5.74, 6) is 0.0128. The Hall–Kier alpha value is -2.53. The number of imide groups is 1. The molecule has 0 aromatic heterocycles. The van der Waals surface area contributed by atoms with E-state index in [0.29, 0.717) is 17.9 Å². The summed E-state index contributed by atoms with van der Waals surface area (Å²) in [7, 11) is 0. The fourth-order valence-electron chi connectivity index (χ4n) is 3.03. The number of thioether (sulfide) groups is 1. The van der Waals surface area contributed by atoms with Crippen molar-refractivity contribution in [1.82, 2.24) is 10.2 Å². The number of nitriles is 1. The monoisotopic (exact) mass is 372 g/mol. The van der Waals surface area contributed by atoms with Gasteiger partial charge in [0.1, 0.15) is 12.1 Å². The Balaban J connectivity index is 1.64. The number of carbonyl (C=O) groups is 3. The summed E-state index contributed by atoms with van der Waals surface area (Å²) in [6.07, 6.45) is 2.24. The van der Waals surface area contributed by atoms with Crippen molar-refractivity contribution in [2.75, 3.05) is 17.6 Å². The number of hydrogen-bond donors (Lipinski definition) is 2. The van der Waals surface area contributed by atoms with Crippen LogP contribution in [0.15, 0.2) is 29.2 Å². The van der Waals surface area contributed by atoms with Crippen molar-refractivity contribution in [2.45, 2.75) is 36.6 Å². The van der Waals surface area contributed by atoms with E-state index < -0.39 is 17.5 Å². The van der Waals surface area contributed by atoms with Crippen LogP contribution in [-0.4, -0.2) is 40.6 Å². The fourth-order valence-corrected chi connectivity index (χ4v) is 3.90. The Kier molecular flexibility index (Phi) is 5.18. The number of amides is 4. The Morgan fingerprint density at radius 3 is 2.85 bits per heavy atom. The minimum atomic E-state index is -0.886. The van der Waals surface area contributed by atoms with E-state index in [9.17, 15) is 14.4 Å². The molecule has 26 heavy (non-hydrogen) atoms. The van der Waals surface area contributed by atoms with Crippen LogP contribution in [0.1, 0.15) is 26.2 Å². The zero-order chi connectivity index (χ0) is 18.7. The molecule has 1 saturated carbocycles. The average molecular weight is 372 g/mol. The van der Waals surface area contributed by atoms with Gasteiger partial charge in [-0.15, -0.1) is 11.8 Å². The van der Waals surface area contributed by atoms with Crippen LogP contribution in [0.5, 0.6) is 0 Å². The Morgan fingerprint density at radius 1 is 1.42 bits per heavy atom. The van der Waals surface area contributed by atoms with E-state index in [1.54, 1.807) is 19.1 Å². The number of anilines is 1. The molecule has 2 fully saturated rings. The standard InChI is InChI=1S/C18H20N4O3S/c1-18(12-7-8-12)16(24)22(17(25)21-18)11-15(23)20-13-5-2-3-6-14(13)26-10-4-9-19/h2-3,5-6,12H,4,7-8,10-11H2,1H3,(H,20,23)(H,21,25)/t18-/m1/s1. The molecule has 1 aromatic rings. The van der Waals surface area contributed by atoms with Gasteiger partial charge in [-0.1, -0.05) is 12.1 Å². The minimum absolute atomic E-state index is 0.157. The lowest BCUT2D eigenvalue weighted by molar-refractivity contribution is -0.134. The second-order valence-corrected chi connectivity index (χ2v) is 7.74. The van der Waals surface area contributed by atoms with Crippen LogP contribution in [0, 0.1) is 17.2 Å². The van der Waals surface area contributed by atoms with Gasteiger partial charge >= 0.3 is 6.03 Å². The summed E-state index contributed by atoms with van der Waals surface area (Å²) in [6.45, 7) is 1.41. The van der Waals surface area contributed by atoms with Gasteiger partial charge in [-0.25, -0.2) is 4.79 Å². The molecule has 1 aliphatic heterocycles. The Bertz CT molecular complexity index is 787. The molecular formula is C18H20N4O3S. The van der Waals surface area contributed by atoms with E-state index >= 15 is 0 Å². The highest BCUT2D eigenvalue weighted by molar-refractivity contribution is 7.99. The topological polar surface area (TPSA) is 102 Å². The maximum atomic E-state index is 12.6. The van der Waals surface area contributed by atoms with Crippen molar-refractivity contribution in [1.29, 1.82) is 5.26 Å². The predicted molar refractivity (Wildman–Crippen MR) is 97.4 cm³/mol. The Labute approximate surface area is 156 Å². The van der Waals surface area contributed by atoms with Gasteiger partial charge in [0.05, 0.1) is 11.8 Å². The molecule has 0 bridgehead atoms. The molecule has 7 nitrogen and oxygen atoms in total. The van der Waals surface area contributed by atoms with Crippen LogP contribution in [0.25, 0.3) is 0 Å². The molecule has 1 heterocycles. The van der Waals surface area contributed by atoms with Crippen LogP contribution >= 0.6 is 11.8 Å². The van der Waals surface area contributed by atoms with Gasteiger partial charge in [0.2, 0.25) is 5.91 Å². The van der Waals surface area contributed by atoms with E-state index in [1.165, 1.54) is 11.8 Å². The van der Waals surface area contributed by atoms with Gasteiger partial charge in [-0.2, -0.15) is 5.26 Å². The number of hydrogen-bond acceptors (Lipinski definition) is 5. The second kappa shape index (κ2) is 7.38. The van der Waals surface area contributed by atoms with Crippen molar-refractivity contribution in [3.8, 4) is 6.07 Å². The number of para-hydroxylation sites is 1. The van der Waals surface area contributed by atoms with Crippen LogP contribution in [0.2, 0.25) is 0 Å². The summed E-state index contributed by atoms with van der Waals surface area (Å²) < 4.78 is 0. The van der Waals surface area contributed by atoms with Crippen LogP contribution in [0.3, 0.4) is 0 Å². The molecule has 136 valence electrons. The second-order valence-electron chi connectivity index (χ2n) is 6.60. The lowest BCUT2D eigenvalue weighted by Gasteiger charge is -2.20. The highest BCUT2D eigenvalue weighted by atomic mass is 32.2. The number of rotatable bonds is 7. The highest BCUT2D eigenvalue weighted by Gasteiger charge is 2.56. The van der Waals surface area contributed by atoms with Crippen molar-refractivity contribution in [3.05, 3.63) is 24.3 Å². The van der Waals surface area contributed by atoms with Gasteiger partial charge < -0.3 is 10.6 Å². The van der Waals surface area contributed by atoms with Crippen LogP contribution in [0.4, 0.5) is 10.5 Å². The molecule has 1 aromatic carbocycles. The van der Waals surface area contributed by atoms with Gasteiger partial charge in [0, 0.05) is 17.1 Å². The highest BCUT2D eigenvalue weighted by Crippen LogP contribution is 2.42. The molecule has 0 unspecified atom stereocenters. The van der Waals surface area contributed by atoms with E-state index in [4.69, 9.17) is 5.26 Å². The number of benzene rings is 1. The van der Waals surface area contributed by atoms with E-state index in [0.717, 1.165) is 22.6 Å². The number of carbonyl (C=O) groups excluding carboxylic acids is 3. The van der Waals surface area contributed by atoms with E-state index in [1.807, 2.05) is 12.1 Å². The van der Waals surface area contributed by atoms with E-state index in [-0.39, 0.29) is 18.4 Å². The maximum absolute atomic E-state index is 12.6. The third kappa shape index (κ3) is 3.68. The summed E-state index contributed by atoms with van der Waals surface area (Å²) >= 11 is 1.47. The van der Waals surface area contributed by atoms with Gasteiger partial charge in [-0.05, 0) is 37.8 Å². The van der Waals surface area contributed by atoms with Crippen molar-refractivity contribution < 1.29 is 14.4 Å². The summed E-state index contributed by atoms with van der Waals surface area (Å²) in [4.78, 5) is 38.9. The normalized spacial score (nSPS) is 22.1. The summed E-state index contributed by atoms with van der Waals surface area (Å²) in [5, 5.41) is 14.1. The largest absolute Gasteiger partial charge is 0.325 e. The third-order valence-electron chi connectivity index (χ3n) is 4.63. The van der Waals surface area contributed by atoms with Crippen molar-refractivity contribution in [2.24, 2.45) is 5.92 Å². The molecule has 0 spiro atoms. The smallest absolute Gasteiger partial charge is 0.324 e. The Morgan fingerprint density at radius 2 is 2.15 bits per heavy atom. The average Bonchev–Trinajstić information content (AvgIpc) is 3.43. The quantitative estimate of drug-likeness (QED) is 0.434. The van der Waals surface area contributed by atoms with Gasteiger partial charge in [0.15, 0.2) is 0 Å². The number of nitrogens with one attached hydrogen (secondary N) is 2. The summed E-state index contributed by atoms with van der Waals surface area (Å²) in [5.41, 5.74) is -0.278. The zero-order valence-electron chi connectivity index (χ0n) is 14.4. The van der Waals surface area contributed by atoms with Crippen molar-refractivity contribution >= 4 is 35.3 Å². The molecular weight excluding hydrogens is 352 g/mol. The molecule has 8 heteroatoms. The fraction of sp³-hybridized carbons (Fsp3) is 0.444. The summed E-state index contributed by atoms with van der Waals surface area (Å²) in [6, 6.07) is 8.82. The molecule has 1 atom stereocenters. The zero-order valence-corrected chi connectivity index (χ0v) is 15.3. The predicted octanol–water partition coefficient (Wildman–Crippen LogP) is 2.35. The molecule has 2 N–H and O–H groups in total. The first-order valence-corrected chi connectivity index (χ1v) is 9.47. The molecule has 2 aliphatic rings. The van der Waals surface area contributed by atoms with Gasteiger partial charge in [-0.3, -0.25) is 14.5 Å². The first kappa shape index (κ1) is 18.3. The first-order chi connectivity index (χ1) is 12.5. The molecule has 1 saturated heterocycles. The van der Waals surface area contributed by atoms with Crippen LogP contribution in [-0.2, 0) is 9.59 Å². The van der Waals surface area contributed by atoms with Crippen molar-refractivity contribution in [3.63, 3.8) is 0 Å². The third-order valence-corrected chi connectivity index (χ3v) is 5.70. The SMILES string of the molecule is C[C@]1(C2CC2)NC(=O)N(CC(=O)Nc2ccccc2SCCC#N)C1=O. The lowest BCUT2D eigenvalue weighted by Crippen LogP contribution is -2.46. The van der Waals surface area contributed by atoms with Crippen LogP contribution < -0.4 is 10.6 Å². The minimum Gasteiger partial charge on any atom is -0.324 e. The first-order valence-electron chi connectivity index (χ1n) is 8.48. The molecule has 3 rings (SSSR count). The molecule has 1 aliphatic carbocycles. The molecule has 4 amide bonds. The molecule has 0 radical (unpaired) electrons. The lowest BCUT2D eigenvalue weighted by atomic mass is 9.96. The number of urea groups is 1. The maximum Gasteiger partial charge on any atom is 0.325 e.